The predicted molar refractivity (Wildman–Crippen MR) is 79.4 cm³/mol. The highest BCUT2D eigenvalue weighted by molar-refractivity contribution is 7.09. The number of aryl methyl sites for hydroxylation is 1. The summed E-state index contributed by atoms with van der Waals surface area (Å²) < 4.78 is 1.84. The summed E-state index contributed by atoms with van der Waals surface area (Å²) in [5, 5.41) is 11.1. The smallest absolute Gasteiger partial charge is 0.0982 e. The van der Waals surface area contributed by atoms with Crippen LogP contribution in [0.3, 0.4) is 0 Å². The second-order valence-electron chi connectivity index (χ2n) is 5.80. The summed E-state index contributed by atoms with van der Waals surface area (Å²) in [6.45, 7) is 8.36. The minimum absolute atomic E-state index is 0.150. The van der Waals surface area contributed by atoms with Gasteiger partial charge in [0.1, 0.15) is 0 Å². The Morgan fingerprint density at radius 3 is 2.68 bits per heavy atom. The van der Waals surface area contributed by atoms with Gasteiger partial charge < -0.3 is 5.32 Å². The molecule has 4 nitrogen and oxygen atoms in total. The van der Waals surface area contributed by atoms with Gasteiger partial charge in [0.05, 0.1) is 16.4 Å². The molecule has 1 N–H and O–H groups in total. The van der Waals surface area contributed by atoms with Crippen LogP contribution in [0.2, 0.25) is 0 Å². The van der Waals surface area contributed by atoms with Gasteiger partial charge in [0.15, 0.2) is 0 Å². The Morgan fingerprint density at radius 1 is 1.32 bits per heavy atom. The van der Waals surface area contributed by atoms with Gasteiger partial charge in [0, 0.05) is 43.5 Å². The Bertz CT molecular complexity index is 522. The zero-order valence-electron chi connectivity index (χ0n) is 12.1. The third-order valence-corrected chi connectivity index (χ3v) is 4.14. The molecule has 0 bridgehead atoms. The van der Waals surface area contributed by atoms with Crippen molar-refractivity contribution < 1.29 is 0 Å². The Kier molecular flexibility index (Phi) is 4.37. The molecule has 5 heteroatoms. The molecule has 0 aliphatic carbocycles. The fourth-order valence-corrected chi connectivity index (χ4v) is 2.67. The van der Waals surface area contributed by atoms with Crippen molar-refractivity contribution in [3.63, 3.8) is 0 Å². The van der Waals surface area contributed by atoms with Crippen LogP contribution >= 0.6 is 11.3 Å². The highest BCUT2D eigenvalue weighted by Gasteiger charge is 2.17. The van der Waals surface area contributed by atoms with Crippen LogP contribution in [0.4, 0.5) is 0 Å². The third-order valence-electron chi connectivity index (χ3n) is 2.83. The molecule has 0 amide bonds. The number of hydrogen-bond donors (Lipinski definition) is 1. The molecule has 0 atom stereocenters. The average Bonchev–Trinajstić information content (AvgIpc) is 2.93. The van der Waals surface area contributed by atoms with Crippen LogP contribution in [0, 0.1) is 0 Å². The number of hydrogen-bond acceptors (Lipinski definition) is 4. The lowest BCUT2D eigenvalue weighted by Gasteiger charge is -2.13. The van der Waals surface area contributed by atoms with Crippen molar-refractivity contribution in [2.45, 2.75) is 39.2 Å². The molecule has 2 heterocycles. The van der Waals surface area contributed by atoms with Crippen LogP contribution in [0.25, 0.3) is 0 Å². The monoisotopic (exact) mass is 278 g/mol. The van der Waals surface area contributed by atoms with E-state index in [2.05, 4.69) is 47.6 Å². The van der Waals surface area contributed by atoms with Crippen LogP contribution in [-0.4, -0.2) is 21.3 Å². The van der Waals surface area contributed by atoms with Gasteiger partial charge in [-0.1, -0.05) is 20.8 Å². The lowest BCUT2D eigenvalue weighted by atomic mass is 9.98. The predicted octanol–water partition coefficient (Wildman–Crippen LogP) is 2.51. The average molecular weight is 278 g/mol. The molecule has 0 unspecified atom stereocenters. The van der Waals surface area contributed by atoms with E-state index < -0.39 is 0 Å². The normalized spacial score (nSPS) is 12.0. The van der Waals surface area contributed by atoms with Gasteiger partial charge in [0.2, 0.25) is 0 Å². The molecule has 2 rings (SSSR count). The van der Waals surface area contributed by atoms with E-state index in [4.69, 9.17) is 0 Å². The lowest BCUT2D eigenvalue weighted by Crippen LogP contribution is -2.18. The summed E-state index contributed by atoms with van der Waals surface area (Å²) in [7, 11) is 1.94. The molecule has 0 aliphatic rings. The van der Waals surface area contributed by atoms with Gasteiger partial charge in [0.25, 0.3) is 0 Å². The first-order valence-corrected chi connectivity index (χ1v) is 7.47. The Hall–Kier alpha value is -1.20. The van der Waals surface area contributed by atoms with Gasteiger partial charge in [-0.05, 0) is 6.07 Å². The quantitative estimate of drug-likeness (QED) is 0.855. The molecular formula is C14H22N4S. The van der Waals surface area contributed by atoms with E-state index >= 15 is 0 Å². The number of rotatable bonds is 5. The summed E-state index contributed by atoms with van der Waals surface area (Å²) >= 11 is 1.75. The maximum atomic E-state index is 4.67. The minimum atomic E-state index is 0.150. The summed E-state index contributed by atoms with van der Waals surface area (Å²) in [4.78, 5) is 4.67. The summed E-state index contributed by atoms with van der Waals surface area (Å²) in [6, 6.07) is 2.06. The topological polar surface area (TPSA) is 42.7 Å². The molecule has 2 aromatic heterocycles. The molecule has 2 aromatic rings. The van der Waals surface area contributed by atoms with Crippen LogP contribution in [0.1, 0.15) is 37.2 Å². The van der Waals surface area contributed by atoms with Crippen LogP contribution in [0.5, 0.6) is 0 Å². The molecule has 19 heavy (non-hydrogen) atoms. The van der Waals surface area contributed by atoms with E-state index in [-0.39, 0.29) is 5.41 Å². The third kappa shape index (κ3) is 4.14. The Labute approximate surface area is 118 Å². The molecule has 0 radical (unpaired) electrons. The maximum Gasteiger partial charge on any atom is 0.0982 e. The van der Waals surface area contributed by atoms with Crippen molar-refractivity contribution >= 4 is 11.3 Å². The standard InChI is InChI=1S/C14H22N4S/c1-14(2,3)13-16-12(10-19-13)9-15-7-5-11-6-8-18(4)17-11/h6,8,10,15H,5,7,9H2,1-4H3. The fraction of sp³-hybridized carbons (Fsp3) is 0.571. The van der Waals surface area contributed by atoms with E-state index in [9.17, 15) is 0 Å². The first-order chi connectivity index (χ1) is 8.95. The summed E-state index contributed by atoms with van der Waals surface area (Å²) in [5.74, 6) is 0. The minimum Gasteiger partial charge on any atom is -0.311 e. The SMILES string of the molecule is Cn1ccc(CCNCc2csc(C(C)(C)C)n2)n1. The fourth-order valence-electron chi connectivity index (χ4n) is 1.76. The van der Waals surface area contributed by atoms with Crippen molar-refractivity contribution in [1.29, 1.82) is 0 Å². The van der Waals surface area contributed by atoms with Gasteiger partial charge in [-0.2, -0.15) is 5.10 Å². The van der Waals surface area contributed by atoms with Gasteiger partial charge in [-0.25, -0.2) is 4.98 Å². The van der Waals surface area contributed by atoms with Crippen molar-refractivity contribution in [2.75, 3.05) is 6.54 Å². The molecule has 104 valence electrons. The van der Waals surface area contributed by atoms with Gasteiger partial charge in [-0.15, -0.1) is 11.3 Å². The molecule has 0 saturated heterocycles. The molecule has 0 spiro atoms. The highest BCUT2D eigenvalue weighted by atomic mass is 32.1. The molecule has 0 saturated carbocycles. The number of nitrogens with zero attached hydrogens (tertiary/aromatic N) is 3. The zero-order chi connectivity index (χ0) is 13.9. The van der Waals surface area contributed by atoms with Crippen molar-refractivity contribution in [1.82, 2.24) is 20.1 Å². The van der Waals surface area contributed by atoms with E-state index in [1.807, 2.05) is 17.9 Å². The number of thiazole rings is 1. The maximum absolute atomic E-state index is 4.67. The Balaban J connectivity index is 1.75. The first kappa shape index (κ1) is 14.2. The van der Waals surface area contributed by atoms with E-state index in [1.165, 1.54) is 5.01 Å². The first-order valence-electron chi connectivity index (χ1n) is 6.59. The van der Waals surface area contributed by atoms with Crippen molar-refractivity contribution in [2.24, 2.45) is 7.05 Å². The van der Waals surface area contributed by atoms with Crippen LogP contribution in [-0.2, 0) is 25.4 Å². The van der Waals surface area contributed by atoms with E-state index in [0.717, 1.165) is 30.9 Å². The van der Waals surface area contributed by atoms with Crippen LogP contribution in [0.15, 0.2) is 17.6 Å². The summed E-state index contributed by atoms with van der Waals surface area (Å²) in [5.41, 5.74) is 2.41. The second-order valence-corrected chi connectivity index (χ2v) is 6.66. The van der Waals surface area contributed by atoms with Gasteiger partial charge in [-0.3, -0.25) is 4.68 Å². The zero-order valence-corrected chi connectivity index (χ0v) is 12.9. The highest BCUT2D eigenvalue weighted by Crippen LogP contribution is 2.25. The van der Waals surface area contributed by atoms with Crippen molar-refractivity contribution in [3.8, 4) is 0 Å². The van der Waals surface area contributed by atoms with Crippen LogP contribution < -0.4 is 5.32 Å². The molecular weight excluding hydrogens is 256 g/mol. The molecule has 0 aliphatic heterocycles. The Morgan fingerprint density at radius 2 is 2.11 bits per heavy atom. The second kappa shape index (κ2) is 5.84. The molecule has 0 aromatic carbocycles. The largest absolute Gasteiger partial charge is 0.311 e. The van der Waals surface area contributed by atoms with Gasteiger partial charge >= 0.3 is 0 Å². The number of aromatic nitrogens is 3. The van der Waals surface area contributed by atoms with E-state index in [0.29, 0.717) is 0 Å². The number of nitrogens with one attached hydrogen (secondary N) is 1. The molecule has 0 fully saturated rings. The van der Waals surface area contributed by atoms with Crippen molar-refractivity contribution in [3.05, 3.63) is 34.0 Å². The van der Waals surface area contributed by atoms with E-state index in [1.54, 1.807) is 11.3 Å². The lowest BCUT2D eigenvalue weighted by molar-refractivity contribution is 0.579. The summed E-state index contributed by atoms with van der Waals surface area (Å²) in [6.07, 6.45) is 2.93.